The van der Waals surface area contributed by atoms with Gasteiger partial charge in [0.15, 0.2) is 9.84 Å². The summed E-state index contributed by atoms with van der Waals surface area (Å²) in [6.45, 7) is 0.790. The van der Waals surface area contributed by atoms with Crippen molar-refractivity contribution in [1.29, 1.82) is 0 Å². The van der Waals surface area contributed by atoms with Gasteiger partial charge in [-0.05, 0) is 30.0 Å². The molecule has 0 amide bonds. The Morgan fingerprint density at radius 2 is 2.00 bits per heavy atom. The first kappa shape index (κ1) is 14.9. The van der Waals surface area contributed by atoms with Crippen molar-refractivity contribution in [2.45, 2.75) is 11.3 Å². The van der Waals surface area contributed by atoms with Crippen LogP contribution in [0.25, 0.3) is 0 Å². The van der Waals surface area contributed by atoms with Crippen LogP contribution < -0.4 is 10.6 Å². The average Bonchev–Trinajstić information content (AvgIpc) is 2.88. The Hall–Kier alpha value is -1.53. The Morgan fingerprint density at radius 1 is 1.25 bits per heavy atom. The number of rotatable bonds is 5. The Kier molecular flexibility index (Phi) is 4.35. The Morgan fingerprint density at radius 3 is 2.60 bits per heavy atom. The number of thiophene rings is 1. The lowest BCUT2D eigenvalue weighted by atomic mass is 10.2. The van der Waals surface area contributed by atoms with Gasteiger partial charge < -0.3 is 10.6 Å². The summed E-state index contributed by atoms with van der Waals surface area (Å²) in [5.41, 5.74) is 7.08. The summed E-state index contributed by atoms with van der Waals surface area (Å²) >= 11 is 1.72. The van der Waals surface area contributed by atoms with Crippen LogP contribution in [0.5, 0.6) is 0 Å². The summed E-state index contributed by atoms with van der Waals surface area (Å²) in [5, 5.41) is 2.05. The van der Waals surface area contributed by atoms with E-state index in [4.69, 9.17) is 5.73 Å². The molecule has 1 heterocycles. The minimum Gasteiger partial charge on any atom is -0.396 e. The highest BCUT2D eigenvalue weighted by atomic mass is 32.2. The summed E-state index contributed by atoms with van der Waals surface area (Å²) in [7, 11) is -1.38. The fourth-order valence-electron chi connectivity index (χ4n) is 2.04. The normalized spacial score (nSPS) is 11.5. The molecule has 1 aromatic carbocycles. The number of anilines is 2. The van der Waals surface area contributed by atoms with Crippen LogP contribution in [0.3, 0.4) is 0 Å². The van der Waals surface area contributed by atoms with E-state index in [2.05, 4.69) is 6.07 Å². The van der Waals surface area contributed by atoms with E-state index in [0.717, 1.165) is 18.7 Å². The van der Waals surface area contributed by atoms with E-state index >= 15 is 0 Å². The van der Waals surface area contributed by atoms with Crippen molar-refractivity contribution >= 4 is 32.5 Å². The van der Waals surface area contributed by atoms with Crippen molar-refractivity contribution in [3.63, 3.8) is 0 Å². The number of nitrogens with zero attached hydrogens (tertiary/aromatic N) is 1. The standard InChI is InChI=1S/C14H18N2O2S2/c1-16(9-8-11-5-4-10-19-11)12-6-3-7-13(14(12)15)20(2,17)18/h3-7,10H,8-9,15H2,1-2H3. The van der Waals surface area contributed by atoms with Gasteiger partial charge in [0, 0.05) is 24.7 Å². The lowest BCUT2D eigenvalue weighted by molar-refractivity contribution is 0.602. The number of nitrogen functional groups attached to an aromatic ring is 1. The second-order valence-electron chi connectivity index (χ2n) is 4.71. The fraction of sp³-hybridized carbons (Fsp3) is 0.286. The van der Waals surface area contributed by atoms with Gasteiger partial charge in [0.2, 0.25) is 0 Å². The highest BCUT2D eigenvalue weighted by Crippen LogP contribution is 2.29. The zero-order chi connectivity index (χ0) is 14.8. The highest BCUT2D eigenvalue weighted by Gasteiger charge is 2.16. The van der Waals surface area contributed by atoms with Crippen LogP contribution in [0, 0.1) is 0 Å². The van der Waals surface area contributed by atoms with Gasteiger partial charge in [-0.1, -0.05) is 12.1 Å². The zero-order valence-corrected chi connectivity index (χ0v) is 13.2. The molecule has 0 saturated carbocycles. The molecule has 0 aliphatic heterocycles. The van der Waals surface area contributed by atoms with E-state index < -0.39 is 9.84 Å². The molecule has 6 heteroatoms. The van der Waals surface area contributed by atoms with Gasteiger partial charge in [0.1, 0.15) is 0 Å². The first-order chi connectivity index (χ1) is 9.39. The molecule has 0 spiro atoms. The maximum Gasteiger partial charge on any atom is 0.177 e. The third-order valence-electron chi connectivity index (χ3n) is 3.13. The molecular weight excluding hydrogens is 292 g/mol. The second-order valence-corrected chi connectivity index (χ2v) is 7.73. The third kappa shape index (κ3) is 3.32. The lowest BCUT2D eigenvalue weighted by Crippen LogP contribution is -2.22. The minimum atomic E-state index is -3.30. The van der Waals surface area contributed by atoms with Gasteiger partial charge >= 0.3 is 0 Å². The smallest absolute Gasteiger partial charge is 0.177 e. The van der Waals surface area contributed by atoms with Gasteiger partial charge in [0.05, 0.1) is 16.3 Å². The lowest BCUT2D eigenvalue weighted by Gasteiger charge is -2.22. The SMILES string of the molecule is CN(CCc1cccs1)c1cccc(S(C)(=O)=O)c1N. The van der Waals surface area contributed by atoms with Crippen molar-refractivity contribution in [3.05, 3.63) is 40.6 Å². The number of para-hydroxylation sites is 1. The number of likely N-dealkylation sites (N-methyl/N-ethyl adjacent to an activating group) is 1. The predicted octanol–water partition coefficient (Wildman–Crippen LogP) is 2.41. The molecule has 2 N–H and O–H groups in total. The number of sulfone groups is 1. The van der Waals surface area contributed by atoms with E-state index in [1.165, 1.54) is 11.1 Å². The van der Waals surface area contributed by atoms with Crippen LogP contribution in [0.2, 0.25) is 0 Å². The van der Waals surface area contributed by atoms with Crippen LogP contribution in [0.1, 0.15) is 4.88 Å². The molecule has 1 aromatic heterocycles. The highest BCUT2D eigenvalue weighted by molar-refractivity contribution is 7.90. The van der Waals surface area contributed by atoms with E-state index in [1.807, 2.05) is 29.5 Å². The molecular formula is C14H18N2O2S2. The minimum absolute atomic E-state index is 0.193. The summed E-state index contributed by atoms with van der Waals surface area (Å²) < 4.78 is 23.4. The van der Waals surface area contributed by atoms with Crippen LogP contribution in [0.15, 0.2) is 40.6 Å². The fourth-order valence-corrected chi connectivity index (χ4v) is 3.57. The van der Waals surface area contributed by atoms with E-state index in [-0.39, 0.29) is 4.90 Å². The molecule has 2 rings (SSSR count). The average molecular weight is 310 g/mol. The number of nitrogens with two attached hydrogens (primary N) is 1. The number of hydrogen-bond donors (Lipinski definition) is 1. The van der Waals surface area contributed by atoms with E-state index in [0.29, 0.717) is 5.69 Å². The van der Waals surface area contributed by atoms with Gasteiger partial charge in [-0.25, -0.2) is 8.42 Å². The Labute approximate surface area is 123 Å². The number of benzene rings is 1. The molecule has 0 unspecified atom stereocenters. The van der Waals surface area contributed by atoms with Crippen molar-refractivity contribution < 1.29 is 8.42 Å². The number of hydrogen-bond acceptors (Lipinski definition) is 5. The van der Waals surface area contributed by atoms with Crippen molar-refractivity contribution in [1.82, 2.24) is 0 Å². The Bertz CT molecular complexity index is 679. The van der Waals surface area contributed by atoms with Crippen molar-refractivity contribution in [3.8, 4) is 0 Å². The molecule has 108 valence electrons. The van der Waals surface area contributed by atoms with Gasteiger partial charge in [0.25, 0.3) is 0 Å². The van der Waals surface area contributed by atoms with Crippen LogP contribution >= 0.6 is 11.3 Å². The molecule has 0 bridgehead atoms. The van der Waals surface area contributed by atoms with Gasteiger partial charge in [-0.3, -0.25) is 0 Å². The molecule has 0 fully saturated rings. The van der Waals surface area contributed by atoms with Crippen molar-refractivity contribution in [2.75, 3.05) is 30.5 Å². The molecule has 0 saturated heterocycles. The van der Waals surface area contributed by atoms with Crippen LogP contribution in [-0.2, 0) is 16.3 Å². The summed E-state index contributed by atoms with van der Waals surface area (Å²) in [6.07, 6.45) is 2.09. The molecule has 20 heavy (non-hydrogen) atoms. The quantitative estimate of drug-likeness (QED) is 0.862. The first-order valence-corrected chi connectivity index (χ1v) is 8.99. The third-order valence-corrected chi connectivity index (χ3v) is 5.22. The molecule has 0 aliphatic rings. The van der Waals surface area contributed by atoms with Crippen LogP contribution in [-0.4, -0.2) is 28.3 Å². The molecule has 0 radical (unpaired) electrons. The molecule has 0 aliphatic carbocycles. The monoisotopic (exact) mass is 310 g/mol. The predicted molar refractivity (Wildman–Crippen MR) is 85.3 cm³/mol. The van der Waals surface area contributed by atoms with Crippen LogP contribution in [0.4, 0.5) is 11.4 Å². The molecule has 4 nitrogen and oxygen atoms in total. The van der Waals surface area contributed by atoms with E-state index in [1.54, 1.807) is 23.5 Å². The van der Waals surface area contributed by atoms with E-state index in [9.17, 15) is 8.42 Å². The summed E-state index contributed by atoms with van der Waals surface area (Å²) in [5.74, 6) is 0. The maximum atomic E-state index is 11.7. The van der Waals surface area contributed by atoms with Gasteiger partial charge in [-0.2, -0.15) is 0 Å². The first-order valence-electron chi connectivity index (χ1n) is 6.21. The Balaban J connectivity index is 2.20. The maximum absolute atomic E-state index is 11.7. The molecule has 0 atom stereocenters. The topological polar surface area (TPSA) is 63.4 Å². The largest absolute Gasteiger partial charge is 0.396 e. The summed E-state index contributed by atoms with van der Waals surface area (Å²) in [4.78, 5) is 3.48. The molecule has 2 aromatic rings. The van der Waals surface area contributed by atoms with Crippen molar-refractivity contribution in [2.24, 2.45) is 0 Å². The zero-order valence-electron chi connectivity index (χ0n) is 11.5. The summed E-state index contributed by atoms with van der Waals surface area (Å²) in [6, 6.07) is 9.23. The second kappa shape index (κ2) is 5.85. The van der Waals surface area contributed by atoms with Gasteiger partial charge in [-0.15, -0.1) is 11.3 Å².